The van der Waals surface area contributed by atoms with Crippen LogP contribution in [0.25, 0.3) is 0 Å². The SMILES string of the molecule is CCC1O[C@@H](O[C@H]2C(C)C(OCc3ccccc3)[C@@H](OC)O[C@H]2COCc2ccccc2)C(OC)[C@H](OC)[C@@H]1O.COC(=O)C1O[C@@H](O[C@H]2C(C)C(OCc3ccccc3)[C@@H](OC)O[C@H]2COCc2ccccc2)C(OC)[C@H](OC)[C@@H]1O. The molecular weight excluding hydrogens is 1060 g/mol. The van der Waals surface area contributed by atoms with Crippen LogP contribution in [0.2, 0.25) is 0 Å². The van der Waals surface area contributed by atoms with Crippen molar-refractivity contribution in [3.8, 4) is 0 Å². The van der Waals surface area contributed by atoms with E-state index in [-0.39, 0.29) is 25.0 Å². The molecule has 20 heteroatoms. The summed E-state index contributed by atoms with van der Waals surface area (Å²) in [5.74, 6) is -1.21. The highest BCUT2D eigenvalue weighted by atomic mass is 16.8. The van der Waals surface area contributed by atoms with E-state index >= 15 is 0 Å². The smallest absolute Gasteiger partial charge is 0.337 e. The van der Waals surface area contributed by atoms with Gasteiger partial charge < -0.3 is 90.7 Å². The number of esters is 1. The molecule has 4 aromatic rings. The molecule has 0 amide bonds. The molecule has 2 N–H and O–H groups in total. The number of rotatable bonds is 26. The normalized spacial score (nSPS) is 33.9. The van der Waals surface area contributed by atoms with Gasteiger partial charge in [-0.1, -0.05) is 142 Å². The zero-order chi connectivity index (χ0) is 58.5. The van der Waals surface area contributed by atoms with Gasteiger partial charge in [-0.05, 0) is 28.7 Å². The first kappa shape index (κ1) is 65.2. The Labute approximate surface area is 482 Å². The van der Waals surface area contributed by atoms with Crippen molar-refractivity contribution in [1.29, 1.82) is 0 Å². The van der Waals surface area contributed by atoms with E-state index in [1.807, 2.05) is 135 Å². The van der Waals surface area contributed by atoms with E-state index < -0.39 is 117 Å². The van der Waals surface area contributed by atoms with E-state index in [4.69, 9.17) is 80.5 Å². The van der Waals surface area contributed by atoms with E-state index in [9.17, 15) is 15.0 Å². The Hall–Kier alpha value is -4.37. The van der Waals surface area contributed by atoms with Gasteiger partial charge in [-0.2, -0.15) is 0 Å². The average molecular weight is 1150 g/mol. The molecule has 0 radical (unpaired) electrons. The molecule has 20 atom stereocenters. The first-order valence-corrected chi connectivity index (χ1v) is 28.0. The van der Waals surface area contributed by atoms with Gasteiger partial charge in [-0.3, -0.25) is 0 Å². The molecule has 0 aromatic heterocycles. The third-order valence-electron chi connectivity index (χ3n) is 15.4. The van der Waals surface area contributed by atoms with Crippen LogP contribution >= 0.6 is 0 Å². The van der Waals surface area contributed by atoms with Crippen molar-refractivity contribution < 1.29 is 95.5 Å². The lowest BCUT2D eigenvalue weighted by Crippen LogP contribution is -2.64. The summed E-state index contributed by atoms with van der Waals surface area (Å²) < 4.78 is 102. The second-order valence-electron chi connectivity index (χ2n) is 20.7. The summed E-state index contributed by atoms with van der Waals surface area (Å²) in [6, 6.07) is 39.5. The minimum absolute atomic E-state index is 0.165. The van der Waals surface area contributed by atoms with Gasteiger partial charge >= 0.3 is 5.97 Å². The highest BCUT2D eigenvalue weighted by molar-refractivity contribution is 5.75. The lowest BCUT2D eigenvalue weighted by atomic mass is 9.89. The second-order valence-corrected chi connectivity index (χ2v) is 20.7. The Morgan fingerprint density at radius 3 is 1.12 bits per heavy atom. The number of benzene rings is 4. The lowest BCUT2D eigenvalue weighted by molar-refractivity contribution is -0.356. The van der Waals surface area contributed by atoms with E-state index in [0.29, 0.717) is 32.8 Å². The number of hydrogen-bond acceptors (Lipinski definition) is 20. The Morgan fingerprint density at radius 1 is 0.415 bits per heavy atom. The van der Waals surface area contributed by atoms with Crippen molar-refractivity contribution in [2.75, 3.05) is 63.0 Å². The standard InChI is InChI=1S/C31H42O11.C31H44O9/c1-19-24(41-31-28(35-3)26(34-2)23(32)27(42-31)29(33)36-4)22(18-38-16-20-12-8-6-9-13-20)40-30(37-5)25(19)39-17-21-14-10-7-11-15-21;1-6-23-25(32)28(33-3)29(34-4)31(38-23)40-26-20(2)27(37-18-22-15-11-8-12-16-22)30(35-5)39-24(26)19-36-17-21-13-9-7-10-14-21/h6-15,19,22-28,30-32H,16-18H2,1-5H3;7-16,20,23-32H,6,17-19H2,1-5H3/t19?,22-,23-,24-,25?,26+,27?,28?,30-,31+;20?,23?,24-,25+,26-,27?,28+,29?,30-,31-/m00/s1. The molecular formula is C62H86O20. The van der Waals surface area contributed by atoms with Gasteiger partial charge in [0.2, 0.25) is 0 Å². The van der Waals surface area contributed by atoms with E-state index in [1.165, 1.54) is 21.3 Å². The maximum atomic E-state index is 12.5. The second kappa shape index (κ2) is 33.4. The number of aliphatic hydroxyl groups is 2. The van der Waals surface area contributed by atoms with Gasteiger partial charge in [0.15, 0.2) is 31.3 Å². The van der Waals surface area contributed by atoms with Crippen molar-refractivity contribution in [2.24, 2.45) is 11.8 Å². The molecule has 0 saturated carbocycles. The molecule has 0 spiro atoms. The molecule has 4 aromatic carbocycles. The zero-order valence-electron chi connectivity index (χ0n) is 48.8. The fraction of sp³-hybridized carbons (Fsp3) is 0.597. The molecule has 4 saturated heterocycles. The van der Waals surface area contributed by atoms with Crippen LogP contribution in [0.1, 0.15) is 49.4 Å². The van der Waals surface area contributed by atoms with Crippen LogP contribution in [0.4, 0.5) is 0 Å². The molecule has 0 aliphatic carbocycles. The predicted octanol–water partition coefficient (Wildman–Crippen LogP) is 6.18. The summed E-state index contributed by atoms with van der Waals surface area (Å²) in [5, 5.41) is 21.6. The lowest BCUT2D eigenvalue weighted by Gasteiger charge is -2.48. The predicted molar refractivity (Wildman–Crippen MR) is 296 cm³/mol. The molecule has 82 heavy (non-hydrogen) atoms. The fourth-order valence-corrected chi connectivity index (χ4v) is 10.9. The number of methoxy groups -OCH3 is 7. The van der Waals surface area contributed by atoms with Crippen molar-refractivity contribution in [1.82, 2.24) is 0 Å². The number of ether oxygens (including phenoxy) is 17. The summed E-state index contributed by atoms with van der Waals surface area (Å²) in [6.07, 6.45) is -12.9. The van der Waals surface area contributed by atoms with Gasteiger partial charge in [0.1, 0.15) is 61.0 Å². The van der Waals surface area contributed by atoms with Crippen LogP contribution in [0.15, 0.2) is 121 Å². The topological polar surface area (TPSA) is 214 Å². The van der Waals surface area contributed by atoms with E-state index in [1.54, 1.807) is 28.4 Å². The van der Waals surface area contributed by atoms with Crippen molar-refractivity contribution in [3.63, 3.8) is 0 Å². The highest BCUT2D eigenvalue weighted by Crippen LogP contribution is 2.38. The third-order valence-corrected chi connectivity index (χ3v) is 15.4. The molecule has 4 fully saturated rings. The molecule has 4 heterocycles. The molecule has 454 valence electrons. The van der Waals surface area contributed by atoms with Gasteiger partial charge in [0, 0.05) is 54.5 Å². The number of hydrogen-bond donors (Lipinski definition) is 2. The van der Waals surface area contributed by atoms with Gasteiger partial charge in [0.25, 0.3) is 0 Å². The maximum absolute atomic E-state index is 12.5. The van der Waals surface area contributed by atoms with Gasteiger partial charge in [0.05, 0.1) is 65.1 Å². The number of carbonyl (C=O) groups is 1. The average Bonchev–Trinajstić information content (AvgIpc) is 3.65. The molecule has 8 unspecified atom stereocenters. The van der Waals surface area contributed by atoms with Crippen LogP contribution < -0.4 is 0 Å². The van der Waals surface area contributed by atoms with Crippen LogP contribution in [-0.4, -0.2) is 190 Å². The Balaban J connectivity index is 0.000000236. The quantitative estimate of drug-likeness (QED) is 0.0672. The Morgan fingerprint density at radius 2 is 0.768 bits per heavy atom. The Kier molecular flexibility index (Phi) is 26.5. The van der Waals surface area contributed by atoms with E-state index in [0.717, 1.165) is 22.3 Å². The van der Waals surface area contributed by atoms with Crippen LogP contribution in [-0.2, 0) is 112 Å². The summed E-state index contributed by atoms with van der Waals surface area (Å²) in [7, 11) is 10.4. The maximum Gasteiger partial charge on any atom is 0.337 e. The first-order valence-electron chi connectivity index (χ1n) is 28.0. The van der Waals surface area contributed by atoms with E-state index in [2.05, 4.69) is 6.92 Å². The fourth-order valence-electron chi connectivity index (χ4n) is 10.9. The molecule has 4 aliphatic heterocycles. The van der Waals surface area contributed by atoms with Crippen molar-refractivity contribution in [3.05, 3.63) is 144 Å². The molecule has 8 rings (SSSR count). The van der Waals surface area contributed by atoms with Crippen molar-refractivity contribution in [2.45, 2.75) is 164 Å². The summed E-state index contributed by atoms with van der Waals surface area (Å²) in [6.45, 7) is 7.98. The summed E-state index contributed by atoms with van der Waals surface area (Å²) in [5.41, 5.74) is 4.12. The summed E-state index contributed by atoms with van der Waals surface area (Å²) in [4.78, 5) is 12.5. The highest BCUT2D eigenvalue weighted by Gasteiger charge is 2.55. The number of carbonyl (C=O) groups excluding carboxylic acids is 1. The van der Waals surface area contributed by atoms with Crippen LogP contribution in [0.3, 0.4) is 0 Å². The first-order chi connectivity index (χ1) is 39.9. The largest absolute Gasteiger partial charge is 0.467 e. The number of aliphatic hydroxyl groups excluding tert-OH is 2. The van der Waals surface area contributed by atoms with Gasteiger partial charge in [-0.25, -0.2) is 4.79 Å². The van der Waals surface area contributed by atoms with Gasteiger partial charge in [-0.15, -0.1) is 0 Å². The monoisotopic (exact) mass is 1150 g/mol. The Bertz CT molecular complexity index is 2370. The minimum Gasteiger partial charge on any atom is -0.467 e. The van der Waals surface area contributed by atoms with Crippen molar-refractivity contribution >= 4 is 5.97 Å². The molecule has 0 bridgehead atoms. The molecule has 20 nitrogen and oxygen atoms in total. The van der Waals surface area contributed by atoms with Crippen LogP contribution in [0.5, 0.6) is 0 Å². The minimum atomic E-state index is -1.35. The zero-order valence-corrected chi connectivity index (χ0v) is 48.8. The molecule has 4 aliphatic rings. The third kappa shape index (κ3) is 17.0. The summed E-state index contributed by atoms with van der Waals surface area (Å²) >= 11 is 0. The van der Waals surface area contributed by atoms with Crippen LogP contribution in [0, 0.1) is 11.8 Å².